The van der Waals surface area contributed by atoms with Gasteiger partial charge in [0.05, 0.1) is 25.3 Å². The molecule has 0 saturated heterocycles. The lowest BCUT2D eigenvalue weighted by Gasteiger charge is -2.21. The lowest BCUT2D eigenvalue weighted by atomic mass is 9.93. The quantitative estimate of drug-likeness (QED) is 0.763. The second-order valence-corrected chi connectivity index (χ2v) is 5.31. The van der Waals surface area contributed by atoms with Gasteiger partial charge < -0.3 is 9.47 Å². The molecule has 20 heavy (non-hydrogen) atoms. The summed E-state index contributed by atoms with van der Waals surface area (Å²) in [5.41, 5.74) is 5.25. The van der Waals surface area contributed by atoms with E-state index in [1.54, 1.807) is 14.2 Å². The van der Waals surface area contributed by atoms with E-state index in [1.807, 2.05) is 0 Å². The second kappa shape index (κ2) is 4.20. The highest BCUT2D eigenvalue weighted by atomic mass is 16.5. The van der Waals surface area contributed by atoms with Gasteiger partial charge in [-0.2, -0.15) is 9.13 Å². The Kier molecular flexibility index (Phi) is 2.46. The second-order valence-electron chi connectivity index (χ2n) is 5.31. The lowest BCUT2D eigenvalue weighted by molar-refractivity contribution is -0.724. The van der Waals surface area contributed by atoms with Crippen LogP contribution in [0.5, 0.6) is 11.5 Å². The molecular weight excluding hydrogens is 252 g/mol. The van der Waals surface area contributed by atoms with Gasteiger partial charge in [-0.25, -0.2) is 0 Å². The molecule has 2 aliphatic rings. The van der Waals surface area contributed by atoms with Crippen LogP contribution in [0.3, 0.4) is 0 Å². The van der Waals surface area contributed by atoms with Gasteiger partial charge in [0.25, 0.3) is 11.4 Å². The highest BCUT2D eigenvalue weighted by molar-refractivity contribution is 5.64. The minimum atomic E-state index is 0.998. The summed E-state index contributed by atoms with van der Waals surface area (Å²) in [5, 5.41) is 0. The Morgan fingerprint density at radius 2 is 1.25 bits per heavy atom. The minimum Gasteiger partial charge on any atom is -0.496 e. The zero-order valence-electron chi connectivity index (χ0n) is 11.8. The van der Waals surface area contributed by atoms with Crippen LogP contribution < -0.4 is 18.6 Å². The molecule has 4 nitrogen and oxygen atoms in total. The Morgan fingerprint density at radius 3 is 1.65 bits per heavy atom. The Bertz CT molecular complexity index is 649. The van der Waals surface area contributed by atoms with Crippen molar-refractivity contribution < 1.29 is 18.6 Å². The van der Waals surface area contributed by atoms with Crippen molar-refractivity contribution >= 4 is 0 Å². The van der Waals surface area contributed by atoms with Crippen molar-refractivity contribution in [3.05, 3.63) is 35.7 Å². The Hall–Kier alpha value is -2.10. The van der Waals surface area contributed by atoms with Crippen LogP contribution in [0.2, 0.25) is 0 Å². The van der Waals surface area contributed by atoms with E-state index in [0.29, 0.717) is 0 Å². The largest absolute Gasteiger partial charge is 0.496 e. The van der Waals surface area contributed by atoms with Crippen molar-refractivity contribution in [2.24, 2.45) is 0 Å². The fourth-order valence-electron chi connectivity index (χ4n) is 3.51. The number of aryl methyl sites for hydroxylation is 2. The van der Waals surface area contributed by atoms with Crippen molar-refractivity contribution in [3.63, 3.8) is 0 Å². The number of rotatable bonds is 2. The predicted octanol–water partition coefficient (Wildman–Crippen LogP) is 1.06. The first-order valence-electron chi connectivity index (χ1n) is 7.02. The SMILES string of the molecule is COc1cc[n+]2c3c1CC[n+]1ccc(OC)c(c1-3)CC2. The van der Waals surface area contributed by atoms with Crippen LogP contribution in [0, 0.1) is 0 Å². The molecule has 0 aliphatic carbocycles. The molecule has 0 bridgehead atoms. The molecule has 0 radical (unpaired) electrons. The Balaban J connectivity index is 2.07. The van der Waals surface area contributed by atoms with Crippen LogP contribution in [0.15, 0.2) is 24.5 Å². The third-order valence-electron chi connectivity index (χ3n) is 4.42. The van der Waals surface area contributed by atoms with Crippen molar-refractivity contribution in [2.45, 2.75) is 25.9 Å². The van der Waals surface area contributed by atoms with Crippen molar-refractivity contribution in [1.29, 1.82) is 0 Å². The third-order valence-corrected chi connectivity index (χ3v) is 4.42. The van der Waals surface area contributed by atoms with E-state index >= 15 is 0 Å². The molecule has 0 aromatic carbocycles. The zero-order chi connectivity index (χ0) is 13.7. The summed E-state index contributed by atoms with van der Waals surface area (Å²) < 4.78 is 15.8. The zero-order valence-corrected chi connectivity index (χ0v) is 11.8. The van der Waals surface area contributed by atoms with Gasteiger partial charge >= 0.3 is 0 Å². The molecule has 0 atom stereocenters. The van der Waals surface area contributed by atoms with E-state index in [0.717, 1.165) is 37.4 Å². The molecule has 102 valence electrons. The lowest BCUT2D eigenvalue weighted by Crippen LogP contribution is -2.51. The average molecular weight is 270 g/mol. The monoisotopic (exact) mass is 270 g/mol. The number of hydrogen-bond donors (Lipinski definition) is 0. The van der Waals surface area contributed by atoms with Crippen LogP contribution in [-0.4, -0.2) is 14.2 Å². The van der Waals surface area contributed by atoms with Gasteiger partial charge in [0.2, 0.25) is 0 Å². The summed E-state index contributed by atoms with van der Waals surface area (Å²) in [4.78, 5) is 0. The first kappa shape index (κ1) is 11.7. The maximum atomic E-state index is 5.55. The van der Waals surface area contributed by atoms with E-state index in [1.165, 1.54) is 22.5 Å². The molecule has 0 saturated carbocycles. The molecule has 0 spiro atoms. The predicted molar refractivity (Wildman–Crippen MR) is 72.8 cm³/mol. The minimum absolute atomic E-state index is 0.998. The van der Waals surface area contributed by atoms with E-state index in [9.17, 15) is 0 Å². The van der Waals surface area contributed by atoms with Gasteiger partial charge in [-0.15, -0.1) is 0 Å². The molecule has 2 aromatic heterocycles. The molecule has 4 rings (SSSR count). The number of hydrogen-bond acceptors (Lipinski definition) is 2. The number of aromatic nitrogens is 2. The van der Waals surface area contributed by atoms with E-state index in [4.69, 9.17) is 9.47 Å². The average Bonchev–Trinajstić information content (AvgIpc) is 2.52. The normalized spacial score (nSPS) is 14.7. The molecule has 0 amide bonds. The first-order chi connectivity index (χ1) is 9.83. The summed E-state index contributed by atoms with van der Waals surface area (Å²) in [5.74, 6) is 2.00. The Morgan fingerprint density at radius 1 is 0.800 bits per heavy atom. The molecular formula is C16H18N2O2+2. The molecule has 0 N–H and O–H groups in total. The first-order valence-corrected chi connectivity index (χ1v) is 7.02. The van der Waals surface area contributed by atoms with Gasteiger partial charge in [-0.1, -0.05) is 0 Å². The molecule has 4 heteroatoms. The van der Waals surface area contributed by atoms with Crippen LogP contribution in [0.1, 0.15) is 11.1 Å². The smallest absolute Gasteiger partial charge is 0.285 e. The molecule has 0 fully saturated rings. The topological polar surface area (TPSA) is 26.2 Å². The van der Waals surface area contributed by atoms with Gasteiger partial charge in [0.1, 0.15) is 11.5 Å². The van der Waals surface area contributed by atoms with E-state index < -0.39 is 0 Å². The summed E-state index contributed by atoms with van der Waals surface area (Å²) in [6.45, 7) is 2.00. The van der Waals surface area contributed by atoms with E-state index in [2.05, 4.69) is 33.7 Å². The number of ether oxygens (including phenoxy) is 2. The van der Waals surface area contributed by atoms with Crippen molar-refractivity contribution in [2.75, 3.05) is 14.2 Å². The molecule has 2 aromatic rings. The number of nitrogens with zero attached hydrogens (tertiary/aromatic N) is 2. The fourth-order valence-corrected chi connectivity index (χ4v) is 3.51. The summed E-state index contributed by atoms with van der Waals surface area (Å²) in [6.07, 6.45) is 6.30. The highest BCUT2D eigenvalue weighted by Gasteiger charge is 2.40. The van der Waals surface area contributed by atoms with Gasteiger partial charge in [0.15, 0.2) is 25.5 Å². The van der Waals surface area contributed by atoms with Crippen LogP contribution >= 0.6 is 0 Å². The maximum absolute atomic E-state index is 5.55. The highest BCUT2D eigenvalue weighted by Crippen LogP contribution is 2.36. The summed E-state index contributed by atoms with van der Waals surface area (Å²) in [7, 11) is 3.50. The van der Waals surface area contributed by atoms with Gasteiger partial charge in [-0.05, 0) is 0 Å². The van der Waals surface area contributed by atoms with Crippen molar-refractivity contribution in [3.8, 4) is 22.9 Å². The van der Waals surface area contributed by atoms with Gasteiger partial charge in [0, 0.05) is 25.0 Å². The van der Waals surface area contributed by atoms with Crippen LogP contribution in [-0.2, 0) is 25.9 Å². The molecule has 0 unspecified atom stereocenters. The summed E-state index contributed by atoms with van der Waals surface area (Å²) in [6, 6.07) is 4.17. The molecule has 2 aliphatic heterocycles. The van der Waals surface area contributed by atoms with Crippen LogP contribution in [0.4, 0.5) is 0 Å². The van der Waals surface area contributed by atoms with Crippen LogP contribution in [0.25, 0.3) is 11.4 Å². The van der Waals surface area contributed by atoms with Crippen molar-refractivity contribution in [1.82, 2.24) is 0 Å². The summed E-state index contributed by atoms with van der Waals surface area (Å²) >= 11 is 0. The maximum Gasteiger partial charge on any atom is 0.285 e. The fraction of sp³-hybridized carbons (Fsp3) is 0.375. The standard InChI is InChI=1S/C16H18N2O2/c1-19-13-5-9-17-8-4-12-14(20-2)6-10-18-7-3-11(13)15(17)16(12)18/h5-6,9-10H,3-4,7-8H2,1-2H3/q+2. The third kappa shape index (κ3) is 1.42. The number of pyridine rings is 2. The number of methoxy groups -OCH3 is 2. The molecule has 4 heterocycles. The Labute approximate surface area is 118 Å². The van der Waals surface area contributed by atoms with E-state index in [-0.39, 0.29) is 0 Å². The van der Waals surface area contributed by atoms with Gasteiger partial charge in [-0.3, -0.25) is 0 Å².